The third-order valence-corrected chi connectivity index (χ3v) is 9.46. The number of rotatable bonds is 6. The number of nitrogens with one attached hydrogen (secondary N) is 2. The molecule has 0 bridgehead atoms. The largest absolute Gasteiger partial charge is 0.418 e. The van der Waals surface area contributed by atoms with Gasteiger partial charge in [-0.2, -0.15) is 13.2 Å². The van der Waals surface area contributed by atoms with Crippen molar-refractivity contribution in [3.63, 3.8) is 0 Å². The van der Waals surface area contributed by atoms with Crippen molar-refractivity contribution in [1.82, 2.24) is 14.7 Å². The first-order valence-electron chi connectivity index (χ1n) is 14.6. The van der Waals surface area contributed by atoms with Gasteiger partial charge >= 0.3 is 6.18 Å². The lowest BCUT2D eigenvalue weighted by atomic mass is 9.76. The van der Waals surface area contributed by atoms with Crippen molar-refractivity contribution < 1.29 is 17.9 Å². The summed E-state index contributed by atoms with van der Waals surface area (Å²) >= 11 is 0. The Labute approximate surface area is 239 Å². The van der Waals surface area contributed by atoms with Crippen LogP contribution in [0.3, 0.4) is 0 Å². The standard InChI is InChI=1S/C31H39F3N6O/c1-21-9-10-29(14-21,28(36)37(3)20-35)24-7-4-8-25(13-24)39-18-27-26(31(32,33)34)12-23(17-40(27)30(39)19-41-30)16-38-11-5-6-22(2)15-38/h4,7-8,12-13,17-18,20-22,35-36H,5-6,9-11,14-16,19H2,1-3H3/t21-,22-,29+,30?/m0/s1. The van der Waals surface area contributed by atoms with E-state index in [2.05, 4.69) is 18.7 Å². The molecule has 0 amide bonds. The van der Waals surface area contributed by atoms with Crippen molar-refractivity contribution in [2.75, 3.05) is 38.2 Å². The van der Waals surface area contributed by atoms with E-state index in [-0.39, 0.29) is 12.3 Å². The Morgan fingerprint density at radius 3 is 2.59 bits per heavy atom. The van der Waals surface area contributed by atoms with E-state index >= 15 is 0 Å². The average Bonchev–Trinajstić information content (AvgIpc) is 3.54. The minimum absolute atomic E-state index is 0.0941. The molecule has 4 heterocycles. The summed E-state index contributed by atoms with van der Waals surface area (Å²) in [5, 5.41) is 16.7. The third kappa shape index (κ3) is 4.78. The highest BCUT2D eigenvalue weighted by Crippen LogP contribution is 2.53. The predicted molar refractivity (Wildman–Crippen MR) is 154 cm³/mol. The molecule has 4 aliphatic heterocycles. The summed E-state index contributed by atoms with van der Waals surface area (Å²) < 4.78 is 49.4. The first kappa shape index (κ1) is 28.0. The third-order valence-electron chi connectivity index (χ3n) is 9.46. The number of amidine groups is 1. The number of epoxide rings is 1. The molecule has 2 N–H and O–H groups in total. The number of likely N-dealkylation sites (tertiary alicyclic amines) is 1. The number of allylic oxidation sites excluding steroid dienone is 1. The number of piperidine rings is 1. The summed E-state index contributed by atoms with van der Waals surface area (Å²) in [4.78, 5) is 7.29. The quantitative estimate of drug-likeness (QED) is 0.249. The molecule has 1 saturated carbocycles. The number of anilines is 1. The van der Waals surface area contributed by atoms with Crippen LogP contribution in [-0.2, 0) is 10.2 Å². The number of nitrogens with zero attached hydrogens (tertiary/aromatic N) is 4. The average molecular weight is 569 g/mol. The van der Waals surface area contributed by atoms with Gasteiger partial charge in [-0.15, -0.1) is 0 Å². The first-order chi connectivity index (χ1) is 19.5. The van der Waals surface area contributed by atoms with E-state index in [1.165, 1.54) is 6.08 Å². The van der Waals surface area contributed by atoms with Gasteiger partial charge < -0.3 is 9.64 Å². The summed E-state index contributed by atoms with van der Waals surface area (Å²) in [6.07, 6.45) is 6.11. The maximum Gasteiger partial charge on any atom is 0.418 e. The molecular weight excluding hydrogens is 529 g/mol. The van der Waals surface area contributed by atoms with Gasteiger partial charge in [0.1, 0.15) is 12.4 Å². The number of hydrogen-bond acceptors (Lipinski definition) is 6. The molecule has 4 atom stereocenters. The van der Waals surface area contributed by atoms with Crippen molar-refractivity contribution >= 4 is 17.9 Å². The monoisotopic (exact) mass is 568 g/mol. The van der Waals surface area contributed by atoms with Gasteiger partial charge in [0.2, 0.25) is 0 Å². The molecule has 220 valence electrons. The smallest absolute Gasteiger partial charge is 0.328 e. The Balaban J connectivity index is 1.36. The van der Waals surface area contributed by atoms with E-state index in [0.29, 0.717) is 29.8 Å². The molecule has 0 aromatic heterocycles. The van der Waals surface area contributed by atoms with Gasteiger partial charge in [-0.25, -0.2) is 0 Å². The SMILES string of the molecule is C[C@H]1CCCN(CC2=CN3C(=CN(c4cccc([C@@]5(C(=N)N(C)C=N)CC[C@H](C)C5)c4)C34CO4)C(C(F)(F)F)=C2)C1. The van der Waals surface area contributed by atoms with Crippen LogP contribution in [0.1, 0.15) is 51.5 Å². The molecule has 0 radical (unpaired) electrons. The molecule has 10 heteroatoms. The molecule has 41 heavy (non-hydrogen) atoms. The first-order valence-corrected chi connectivity index (χ1v) is 14.6. The fraction of sp³-hybridized carbons (Fsp3) is 0.548. The molecule has 1 aromatic carbocycles. The molecule has 1 spiro atoms. The fourth-order valence-electron chi connectivity index (χ4n) is 7.30. The van der Waals surface area contributed by atoms with Gasteiger partial charge in [-0.1, -0.05) is 26.0 Å². The molecule has 3 fully saturated rings. The zero-order chi connectivity index (χ0) is 29.2. The second-order valence-electron chi connectivity index (χ2n) is 12.6. The minimum Gasteiger partial charge on any atom is -0.328 e. The van der Waals surface area contributed by atoms with E-state index in [1.807, 2.05) is 35.4 Å². The van der Waals surface area contributed by atoms with Gasteiger partial charge in [0, 0.05) is 38.2 Å². The predicted octanol–water partition coefficient (Wildman–Crippen LogP) is 6.03. The summed E-state index contributed by atoms with van der Waals surface area (Å²) in [7, 11) is 1.72. The van der Waals surface area contributed by atoms with Gasteiger partial charge in [0.15, 0.2) is 0 Å². The zero-order valence-electron chi connectivity index (χ0n) is 24.0. The molecule has 1 aliphatic carbocycles. The number of hydrogen-bond donors (Lipinski definition) is 2. The molecule has 2 saturated heterocycles. The highest BCUT2D eigenvalue weighted by atomic mass is 19.4. The second kappa shape index (κ2) is 10.0. The van der Waals surface area contributed by atoms with E-state index in [1.54, 1.807) is 23.0 Å². The van der Waals surface area contributed by atoms with Gasteiger partial charge in [-0.3, -0.25) is 25.5 Å². The van der Waals surface area contributed by atoms with Crippen molar-refractivity contribution in [3.8, 4) is 0 Å². The highest BCUT2D eigenvalue weighted by molar-refractivity contribution is 5.97. The molecular formula is C31H39F3N6O. The second-order valence-corrected chi connectivity index (χ2v) is 12.6. The number of benzene rings is 1. The summed E-state index contributed by atoms with van der Waals surface area (Å²) in [6.45, 7) is 6.91. The van der Waals surface area contributed by atoms with Crippen molar-refractivity contribution in [1.29, 1.82) is 10.8 Å². The van der Waals surface area contributed by atoms with E-state index < -0.39 is 23.0 Å². The maximum atomic E-state index is 14.5. The Bertz CT molecular complexity index is 1330. The van der Waals surface area contributed by atoms with Crippen LogP contribution in [0.2, 0.25) is 0 Å². The van der Waals surface area contributed by atoms with E-state index in [0.717, 1.165) is 62.8 Å². The molecule has 7 nitrogen and oxygen atoms in total. The highest BCUT2D eigenvalue weighted by Gasteiger charge is 2.62. The maximum absolute atomic E-state index is 14.5. The molecule has 1 unspecified atom stereocenters. The van der Waals surface area contributed by atoms with Crippen LogP contribution in [0.5, 0.6) is 0 Å². The lowest BCUT2D eigenvalue weighted by Gasteiger charge is -2.36. The lowest BCUT2D eigenvalue weighted by Crippen LogP contribution is -2.44. The molecule has 1 aromatic rings. The molecule has 5 aliphatic rings. The lowest BCUT2D eigenvalue weighted by molar-refractivity contribution is -0.0918. The van der Waals surface area contributed by atoms with Crippen molar-refractivity contribution in [2.24, 2.45) is 11.8 Å². The van der Waals surface area contributed by atoms with Crippen LogP contribution in [0.4, 0.5) is 18.9 Å². The summed E-state index contributed by atoms with van der Waals surface area (Å²) in [5.74, 6) is 0.290. The van der Waals surface area contributed by atoms with Crippen molar-refractivity contribution in [2.45, 2.75) is 63.4 Å². The van der Waals surface area contributed by atoms with Crippen LogP contribution in [-0.4, -0.2) is 72.2 Å². The van der Waals surface area contributed by atoms with Gasteiger partial charge in [-0.05, 0) is 79.8 Å². The number of fused-ring (bicyclic) bond motifs is 2. The van der Waals surface area contributed by atoms with E-state index in [9.17, 15) is 13.2 Å². The van der Waals surface area contributed by atoms with Crippen molar-refractivity contribution in [3.05, 3.63) is 65.1 Å². The zero-order valence-corrected chi connectivity index (χ0v) is 24.0. The van der Waals surface area contributed by atoms with Crippen LogP contribution >= 0.6 is 0 Å². The minimum atomic E-state index is -4.51. The fourth-order valence-corrected chi connectivity index (χ4v) is 7.30. The number of alkyl halides is 3. The van der Waals surface area contributed by atoms with Crippen LogP contribution < -0.4 is 4.90 Å². The van der Waals surface area contributed by atoms with Gasteiger partial charge in [0.05, 0.1) is 23.0 Å². The van der Waals surface area contributed by atoms with Crippen LogP contribution in [0.15, 0.2) is 59.6 Å². The van der Waals surface area contributed by atoms with Crippen LogP contribution in [0.25, 0.3) is 0 Å². The molecule has 6 rings (SSSR count). The summed E-state index contributed by atoms with van der Waals surface area (Å²) in [6, 6.07) is 7.82. The Morgan fingerprint density at radius 1 is 1.17 bits per heavy atom. The topological polar surface area (TPSA) is 73.2 Å². The number of ether oxygens (including phenoxy) is 1. The Morgan fingerprint density at radius 2 is 1.95 bits per heavy atom. The normalized spacial score (nSPS) is 31.5. The summed E-state index contributed by atoms with van der Waals surface area (Å²) in [5.41, 5.74) is 1.19. The number of likely N-dealkylation sites (N-methyl/N-ethyl adjacent to an activating group) is 1. The van der Waals surface area contributed by atoms with Gasteiger partial charge in [0.25, 0.3) is 5.85 Å². The number of halogens is 3. The Kier molecular flexibility index (Phi) is 6.85. The van der Waals surface area contributed by atoms with Crippen LogP contribution in [0, 0.1) is 22.7 Å². The Hall–Kier alpha value is -3.11. The van der Waals surface area contributed by atoms with E-state index in [4.69, 9.17) is 15.6 Å².